The van der Waals surface area contributed by atoms with Crippen LogP contribution in [0.1, 0.15) is 45.6 Å². The van der Waals surface area contributed by atoms with E-state index in [1.54, 1.807) is 29.2 Å². The molecule has 2 aromatic carbocycles. The van der Waals surface area contributed by atoms with Crippen molar-refractivity contribution in [1.29, 1.82) is 0 Å². The zero-order valence-electron chi connectivity index (χ0n) is 21.2. The van der Waals surface area contributed by atoms with Gasteiger partial charge in [-0.3, -0.25) is 13.9 Å². The highest BCUT2D eigenvalue weighted by Gasteiger charge is 2.29. The fourth-order valence-electron chi connectivity index (χ4n) is 3.74. The summed E-state index contributed by atoms with van der Waals surface area (Å²) in [5, 5.41) is 3.48. The predicted octanol–water partition coefficient (Wildman–Crippen LogP) is 4.60. The highest BCUT2D eigenvalue weighted by Crippen LogP contribution is 2.20. The Morgan fingerprint density at radius 2 is 1.67 bits per heavy atom. The minimum absolute atomic E-state index is 0.0365. The molecule has 1 atom stereocenters. The molecule has 2 rings (SSSR count). The molecule has 0 fully saturated rings. The monoisotopic (exact) mass is 539 g/mol. The van der Waals surface area contributed by atoms with E-state index in [0.717, 1.165) is 16.1 Å². The fourth-order valence-corrected chi connectivity index (χ4v) is 4.83. The van der Waals surface area contributed by atoms with Crippen molar-refractivity contribution in [2.75, 3.05) is 23.7 Å². The van der Waals surface area contributed by atoms with Gasteiger partial charge in [0.15, 0.2) is 0 Å². The third kappa shape index (κ3) is 9.09. The third-order valence-corrected chi connectivity index (χ3v) is 7.05. The molecule has 0 heterocycles. The number of rotatable bonds is 13. The summed E-state index contributed by atoms with van der Waals surface area (Å²) in [6.45, 7) is 6.60. The summed E-state index contributed by atoms with van der Waals surface area (Å²) in [5.74, 6) is -0.691. The lowest BCUT2D eigenvalue weighted by molar-refractivity contribution is -0.141. The first-order valence-electron chi connectivity index (χ1n) is 12.0. The Balaban J connectivity index is 2.19. The second-order valence-electron chi connectivity index (χ2n) is 9.13. The lowest BCUT2D eigenvalue weighted by Crippen LogP contribution is -2.49. The maximum absolute atomic E-state index is 13.4. The summed E-state index contributed by atoms with van der Waals surface area (Å²) in [6.07, 6.45) is 1.75. The Bertz CT molecular complexity index is 1110. The van der Waals surface area contributed by atoms with Crippen molar-refractivity contribution >= 4 is 39.1 Å². The summed E-state index contributed by atoms with van der Waals surface area (Å²) in [6, 6.07) is 11.5. The number of amides is 2. The zero-order valence-corrected chi connectivity index (χ0v) is 22.8. The highest BCUT2D eigenvalue weighted by molar-refractivity contribution is 7.92. The minimum atomic E-state index is -3.64. The maximum atomic E-state index is 13.4. The molecule has 0 radical (unpaired) electrons. The quantitative estimate of drug-likeness (QED) is 0.403. The second kappa shape index (κ2) is 13.6. The Kier molecular flexibility index (Phi) is 11.2. The predicted molar refractivity (Wildman–Crippen MR) is 142 cm³/mol. The van der Waals surface area contributed by atoms with Gasteiger partial charge in [-0.1, -0.05) is 44.5 Å². The number of halogens is 2. The van der Waals surface area contributed by atoms with Crippen molar-refractivity contribution in [2.24, 2.45) is 5.92 Å². The molecule has 0 aliphatic heterocycles. The number of hydrogen-bond acceptors (Lipinski definition) is 4. The normalized spacial score (nSPS) is 12.3. The van der Waals surface area contributed by atoms with Crippen molar-refractivity contribution in [2.45, 2.75) is 52.6 Å². The number of anilines is 1. The van der Waals surface area contributed by atoms with Gasteiger partial charge in [-0.05, 0) is 60.7 Å². The summed E-state index contributed by atoms with van der Waals surface area (Å²) < 4.78 is 39.1. The van der Waals surface area contributed by atoms with E-state index >= 15 is 0 Å². The number of sulfonamides is 1. The van der Waals surface area contributed by atoms with Crippen molar-refractivity contribution in [1.82, 2.24) is 10.2 Å². The Hall–Kier alpha value is -2.65. The average molecular weight is 540 g/mol. The van der Waals surface area contributed by atoms with Crippen LogP contribution in [-0.4, -0.2) is 50.5 Å². The number of benzene rings is 2. The van der Waals surface area contributed by atoms with E-state index in [1.807, 2.05) is 20.8 Å². The molecule has 1 N–H and O–H groups in total. The van der Waals surface area contributed by atoms with Crippen molar-refractivity contribution in [3.8, 4) is 0 Å². The molecule has 0 spiro atoms. The molecule has 0 aliphatic rings. The third-order valence-electron chi connectivity index (χ3n) is 5.60. The Morgan fingerprint density at radius 3 is 2.19 bits per heavy atom. The van der Waals surface area contributed by atoms with Crippen LogP contribution >= 0.6 is 11.6 Å². The average Bonchev–Trinajstić information content (AvgIpc) is 2.81. The molecule has 10 heteroatoms. The summed E-state index contributed by atoms with van der Waals surface area (Å²) in [5.41, 5.74) is 1.15. The molecule has 2 aromatic rings. The zero-order chi connectivity index (χ0) is 26.9. The number of carbonyl (C=O) groups is 2. The van der Waals surface area contributed by atoms with Crippen LogP contribution in [0.3, 0.4) is 0 Å². The van der Waals surface area contributed by atoms with Crippen LogP contribution in [0.2, 0.25) is 5.02 Å². The van der Waals surface area contributed by atoms with Crippen LogP contribution in [0, 0.1) is 11.7 Å². The van der Waals surface area contributed by atoms with Gasteiger partial charge in [0, 0.05) is 31.1 Å². The van der Waals surface area contributed by atoms with Gasteiger partial charge in [0.05, 0.1) is 11.9 Å². The molecule has 7 nitrogen and oxygen atoms in total. The molecule has 36 heavy (non-hydrogen) atoms. The van der Waals surface area contributed by atoms with E-state index in [0.29, 0.717) is 23.7 Å². The first-order chi connectivity index (χ1) is 16.9. The molecule has 0 saturated carbocycles. The van der Waals surface area contributed by atoms with Gasteiger partial charge < -0.3 is 10.2 Å². The van der Waals surface area contributed by atoms with Crippen LogP contribution in [-0.2, 0) is 26.2 Å². The van der Waals surface area contributed by atoms with Gasteiger partial charge in [0.25, 0.3) is 0 Å². The molecule has 2 amide bonds. The summed E-state index contributed by atoms with van der Waals surface area (Å²) in [4.78, 5) is 27.9. The number of carbonyl (C=O) groups excluding carboxylic acids is 2. The van der Waals surface area contributed by atoms with Crippen LogP contribution in [0.25, 0.3) is 0 Å². The van der Waals surface area contributed by atoms with Gasteiger partial charge in [0.1, 0.15) is 11.9 Å². The molecular weight excluding hydrogens is 505 g/mol. The molecule has 0 bridgehead atoms. The van der Waals surface area contributed by atoms with E-state index in [4.69, 9.17) is 11.6 Å². The van der Waals surface area contributed by atoms with Gasteiger partial charge in [-0.2, -0.15) is 0 Å². The van der Waals surface area contributed by atoms with Crippen molar-refractivity contribution in [3.63, 3.8) is 0 Å². The first-order valence-corrected chi connectivity index (χ1v) is 14.2. The lowest BCUT2D eigenvalue weighted by Gasteiger charge is -2.31. The maximum Gasteiger partial charge on any atom is 0.242 e. The standard InChI is InChI=1S/C26H35ClFN3O4S/c1-5-24(26(33)29-17-19(2)3)30(18-20-8-10-21(27)11-9-20)25(32)7-6-16-31(36(4,34)35)23-14-12-22(28)13-15-23/h8-15,19,24H,5-7,16-18H2,1-4H3,(H,29,33)/t24-/m0/s1. The van der Waals surface area contributed by atoms with Gasteiger partial charge in [-0.25, -0.2) is 12.8 Å². The minimum Gasteiger partial charge on any atom is -0.354 e. The summed E-state index contributed by atoms with van der Waals surface area (Å²) in [7, 11) is -3.64. The number of nitrogens with one attached hydrogen (secondary N) is 1. The van der Waals surface area contributed by atoms with Gasteiger partial charge in [0.2, 0.25) is 21.8 Å². The number of nitrogens with zero attached hydrogens (tertiary/aromatic N) is 2. The van der Waals surface area contributed by atoms with Crippen LogP contribution < -0.4 is 9.62 Å². The first kappa shape index (κ1) is 29.6. The molecule has 0 aromatic heterocycles. The fraction of sp³-hybridized carbons (Fsp3) is 0.462. The molecule has 0 saturated heterocycles. The summed E-state index contributed by atoms with van der Waals surface area (Å²) >= 11 is 6.00. The van der Waals surface area contributed by atoms with Crippen LogP contribution in [0.5, 0.6) is 0 Å². The Morgan fingerprint density at radius 1 is 1.06 bits per heavy atom. The molecular formula is C26H35ClFN3O4S. The van der Waals surface area contributed by atoms with E-state index in [2.05, 4.69) is 5.32 Å². The number of hydrogen-bond donors (Lipinski definition) is 1. The van der Waals surface area contributed by atoms with E-state index in [9.17, 15) is 22.4 Å². The second-order valence-corrected chi connectivity index (χ2v) is 11.5. The highest BCUT2D eigenvalue weighted by atomic mass is 35.5. The largest absolute Gasteiger partial charge is 0.354 e. The Labute approximate surface area is 218 Å². The molecule has 0 aliphatic carbocycles. The van der Waals surface area contributed by atoms with Crippen molar-refractivity contribution < 1.29 is 22.4 Å². The van der Waals surface area contributed by atoms with Crippen LogP contribution in [0.4, 0.5) is 10.1 Å². The topological polar surface area (TPSA) is 86.8 Å². The smallest absolute Gasteiger partial charge is 0.242 e. The van der Waals surface area contributed by atoms with E-state index in [1.165, 1.54) is 24.3 Å². The van der Waals surface area contributed by atoms with E-state index in [-0.39, 0.29) is 43.7 Å². The molecule has 0 unspecified atom stereocenters. The SMILES string of the molecule is CC[C@@H](C(=O)NCC(C)C)N(Cc1ccc(Cl)cc1)C(=O)CCCN(c1ccc(F)cc1)S(C)(=O)=O. The molecule has 198 valence electrons. The van der Waals surface area contributed by atoms with E-state index < -0.39 is 21.9 Å². The van der Waals surface area contributed by atoms with Crippen LogP contribution in [0.15, 0.2) is 48.5 Å². The van der Waals surface area contributed by atoms with Gasteiger partial charge in [-0.15, -0.1) is 0 Å². The van der Waals surface area contributed by atoms with Crippen molar-refractivity contribution in [3.05, 3.63) is 64.9 Å². The lowest BCUT2D eigenvalue weighted by atomic mass is 10.1. The van der Waals surface area contributed by atoms with Gasteiger partial charge >= 0.3 is 0 Å².